The lowest BCUT2D eigenvalue weighted by atomic mass is 9.97. The van der Waals surface area contributed by atoms with Gasteiger partial charge in [-0.2, -0.15) is 0 Å². The smallest absolute Gasteiger partial charge is 0.227 e. The predicted molar refractivity (Wildman–Crippen MR) is 108 cm³/mol. The lowest BCUT2D eigenvalue weighted by Crippen LogP contribution is -2.42. The summed E-state index contributed by atoms with van der Waals surface area (Å²) in [5.74, 6) is 0.461. The highest BCUT2D eigenvalue weighted by molar-refractivity contribution is 7.89. The Balaban J connectivity index is 1.59. The van der Waals surface area contributed by atoms with Crippen LogP contribution in [-0.2, 0) is 19.6 Å². The van der Waals surface area contributed by atoms with Gasteiger partial charge in [0, 0.05) is 25.6 Å². The number of hydrogen-bond donors (Lipinski definition) is 1. The highest BCUT2D eigenvalue weighted by Crippen LogP contribution is 2.29. The third kappa shape index (κ3) is 5.24. The zero-order valence-electron chi connectivity index (χ0n) is 16.6. The highest BCUT2D eigenvalue weighted by atomic mass is 32.2. The van der Waals surface area contributed by atoms with Crippen molar-refractivity contribution >= 4 is 21.6 Å². The fraction of sp³-hybridized carbons (Fsp3) is 0.650. The number of amides is 1. The second kappa shape index (κ2) is 9.24. The molecule has 0 radical (unpaired) electrons. The van der Waals surface area contributed by atoms with Gasteiger partial charge >= 0.3 is 0 Å². The van der Waals surface area contributed by atoms with E-state index in [1.54, 1.807) is 6.92 Å². The molecule has 0 aliphatic carbocycles. The van der Waals surface area contributed by atoms with Gasteiger partial charge in [0.15, 0.2) is 0 Å². The summed E-state index contributed by atoms with van der Waals surface area (Å²) in [4.78, 5) is 12.7. The monoisotopic (exact) mass is 410 g/mol. The first-order valence-electron chi connectivity index (χ1n) is 10.0. The van der Waals surface area contributed by atoms with Crippen LogP contribution in [0.3, 0.4) is 0 Å². The lowest BCUT2D eigenvalue weighted by molar-refractivity contribution is -0.120. The van der Waals surface area contributed by atoms with E-state index >= 15 is 0 Å². The molecule has 0 aromatic heterocycles. The number of nitrogens with zero attached hydrogens (tertiary/aromatic N) is 1. The third-order valence-corrected chi connectivity index (χ3v) is 7.31. The second-order valence-corrected chi connectivity index (χ2v) is 9.77. The van der Waals surface area contributed by atoms with Crippen LogP contribution in [0.1, 0.15) is 38.2 Å². The van der Waals surface area contributed by atoms with E-state index in [-0.39, 0.29) is 23.7 Å². The standard InChI is InChI=1S/C20H30N2O5S/c1-3-28(24,25)22-10-8-16(9-11-22)20(23)21-18-7-6-15(2)13-19(18)27-14-17-5-4-12-26-17/h6-7,13,16-17H,3-5,8-12,14H2,1-2H3,(H,21,23). The van der Waals surface area contributed by atoms with E-state index < -0.39 is 10.0 Å². The zero-order chi connectivity index (χ0) is 20.1. The molecule has 2 fully saturated rings. The highest BCUT2D eigenvalue weighted by Gasteiger charge is 2.30. The van der Waals surface area contributed by atoms with Gasteiger partial charge in [0.25, 0.3) is 0 Å². The molecule has 1 atom stereocenters. The number of hydrogen-bond acceptors (Lipinski definition) is 5. The first-order chi connectivity index (χ1) is 13.4. The van der Waals surface area contributed by atoms with E-state index in [0.29, 0.717) is 44.0 Å². The number of benzene rings is 1. The Morgan fingerprint density at radius 3 is 2.68 bits per heavy atom. The van der Waals surface area contributed by atoms with Gasteiger partial charge in [0.05, 0.1) is 17.5 Å². The van der Waals surface area contributed by atoms with Crippen LogP contribution in [0.15, 0.2) is 18.2 Å². The fourth-order valence-corrected chi connectivity index (χ4v) is 4.76. The Kier molecular flexibility index (Phi) is 6.95. The first-order valence-corrected chi connectivity index (χ1v) is 11.6. The number of nitrogens with one attached hydrogen (secondary N) is 1. The molecular weight excluding hydrogens is 380 g/mol. The Morgan fingerprint density at radius 2 is 2.04 bits per heavy atom. The summed E-state index contributed by atoms with van der Waals surface area (Å²) in [7, 11) is -3.19. The molecule has 3 rings (SSSR count). The number of rotatable bonds is 7. The molecule has 2 aliphatic rings. The van der Waals surface area contributed by atoms with Crippen molar-refractivity contribution in [3.05, 3.63) is 23.8 Å². The van der Waals surface area contributed by atoms with Gasteiger partial charge in [0.2, 0.25) is 15.9 Å². The van der Waals surface area contributed by atoms with E-state index in [1.165, 1.54) is 4.31 Å². The molecule has 0 bridgehead atoms. The van der Waals surface area contributed by atoms with Crippen molar-refractivity contribution in [1.29, 1.82) is 0 Å². The number of sulfonamides is 1. The zero-order valence-corrected chi connectivity index (χ0v) is 17.5. The molecule has 2 aliphatic heterocycles. The molecule has 28 heavy (non-hydrogen) atoms. The molecule has 1 amide bonds. The summed E-state index contributed by atoms with van der Waals surface area (Å²) in [5.41, 5.74) is 1.70. The van der Waals surface area contributed by atoms with E-state index in [0.717, 1.165) is 25.0 Å². The molecule has 1 unspecified atom stereocenters. The van der Waals surface area contributed by atoms with Crippen molar-refractivity contribution < 1.29 is 22.7 Å². The lowest BCUT2D eigenvalue weighted by Gasteiger charge is -2.30. The minimum atomic E-state index is -3.19. The van der Waals surface area contributed by atoms with Gasteiger partial charge in [0.1, 0.15) is 12.4 Å². The van der Waals surface area contributed by atoms with Crippen molar-refractivity contribution in [2.75, 3.05) is 37.4 Å². The maximum Gasteiger partial charge on any atom is 0.227 e. The van der Waals surface area contributed by atoms with Crippen LogP contribution < -0.4 is 10.1 Å². The van der Waals surface area contributed by atoms with Crippen LogP contribution in [0, 0.1) is 12.8 Å². The van der Waals surface area contributed by atoms with Crippen molar-refractivity contribution in [3.8, 4) is 5.75 Å². The molecule has 1 N–H and O–H groups in total. The second-order valence-electron chi connectivity index (χ2n) is 7.51. The van der Waals surface area contributed by atoms with Gasteiger partial charge in [-0.1, -0.05) is 6.07 Å². The average molecular weight is 411 g/mol. The number of aryl methyl sites for hydroxylation is 1. The molecule has 1 aromatic carbocycles. The van der Waals surface area contributed by atoms with Crippen LogP contribution in [0.4, 0.5) is 5.69 Å². The number of carbonyl (C=O) groups excluding carboxylic acids is 1. The van der Waals surface area contributed by atoms with Gasteiger partial charge in [-0.15, -0.1) is 0 Å². The predicted octanol–water partition coefficient (Wildman–Crippen LogP) is 2.55. The molecule has 2 saturated heterocycles. The summed E-state index contributed by atoms with van der Waals surface area (Å²) in [6, 6.07) is 5.71. The molecular formula is C20H30N2O5S. The van der Waals surface area contributed by atoms with E-state index in [4.69, 9.17) is 9.47 Å². The largest absolute Gasteiger partial charge is 0.489 e. The molecule has 8 heteroatoms. The van der Waals surface area contributed by atoms with E-state index in [1.807, 2.05) is 25.1 Å². The number of anilines is 1. The Hall–Kier alpha value is -1.64. The van der Waals surface area contributed by atoms with Crippen LogP contribution in [0.5, 0.6) is 5.75 Å². The number of ether oxygens (including phenoxy) is 2. The normalized spacial score (nSPS) is 21.6. The molecule has 2 heterocycles. The van der Waals surface area contributed by atoms with E-state index in [9.17, 15) is 13.2 Å². The van der Waals surface area contributed by atoms with Crippen molar-refractivity contribution in [2.45, 2.75) is 45.6 Å². The van der Waals surface area contributed by atoms with Gasteiger partial charge in [-0.25, -0.2) is 12.7 Å². The van der Waals surface area contributed by atoms with Gasteiger partial charge in [-0.3, -0.25) is 4.79 Å². The quantitative estimate of drug-likeness (QED) is 0.747. The summed E-state index contributed by atoms with van der Waals surface area (Å²) in [6.45, 7) is 5.66. The SMILES string of the molecule is CCS(=O)(=O)N1CCC(C(=O)Nc2ccc(C)cc2OCC2CCCO2)CC1. The van der Waals surface area contributed by atoms with Crippen molar-refractivity contribution in [1.82, 2.24) is 4.31 Å². The Morgan fingerprint density at radius 1 is 1.29 bits per heavy atom. The topological polar surface area (TPSA) is 84.9 Å². The first kappa shape index (κ1) is 21.1. The Bertz CT molecular complexity index is 782. The van der Waals surface area contributed by atoms with Crippen LogP contribution >= 0.6 is 0 Å². The summed E-state index contributed by atoms with van der Waals surface area (Å²) in [6.07, 6.45) is 3.21. The summed E-state index contributed by atoms with van der Waals surface area (Å²) in [5, 5.41) is 2.98. The minimum Gasteiger partial charge on any atom is -0.489 e. The Labute approximate surface area is 167 Å². The van der Waals surface area contributed by atoms with Crippen molar-refractivity contribution in [3.63, 3.8) is 0 Å². The minimum absolute atomic E-state index is 0.0839. The number of carbonyl (C=O) groups is 1. The fourth-order valence-electron chi connectivity index (χ4n) is 3.62. The molecule has 0 spiro atoms. The molecule has 1 aromatic rings. The maximum absolute atomic E-state index is 12.7. The number of piperidine rings is 1. The van der Waals surface area contributed by atoms with Gasteiger partial charge < -0.3 is 14.8 Å². The van der Waals surface area contributed by atoms with Crippen LogP contribution in [-0.4, -0.2) is 56.8 Å². The third-order valence-electron chi connectivity index (χ3n) is 5.43. The maximum atomic E-state index is 12.7. The van der Waals surface area contributed by atoms with Gasteiger partial charge in [-0.05, 0) is 57.2 Å². The van der Waals surface area contributed by atoms with E-state index in [2.05, 4.69) is 5.32 Å². The molecule has 7 nitrogen and oxygen atoms in total. The molecule has 0 saturated carbocycles. The van der Waals surface area contributed by atoms with Crippen LogP contribution in [0.25, 0.3) is 0 Å². The summed E-state index contributed by atoms with van der Waals surface area (Å²) >= 11 is 0. The average Bonchev–Trinajstić information content (AvgIpc) is 3.21. The van der Waals surface area contributed by atoms with Crippen LogP contribution in [0.2, 0.25) is 0 Å². The summed E-state index contributed by atoms with van der Waals surface area (Å²) < 4.78 is 37.0. The van der Waals surface area contributed by atoms with Crippen molar-refractivity contribution in [2.24, 2.45) is 5.92 Å². The molecule has 156 valence electrons.